The van der Waals surface area contributed by atoms with Gasteiger partial charge in [-0.3, -0.25) is 4.79 Å². The van der Waals surface area contributed by atoms with E-state index in [2.05, 4.69) is 25.4 Å². The molecule has 0 spiro atoms. The van der Waals surface area contributed by atoms with Crippen LogP contribution in [0.25, 0.3) is 28.0 Å². The normalized spacial score (nSPS) is 11.7. The van der Waals surface area contributed by atoms with Gasteiger partial charge < -0.3 is 14.4 Å². The van der Waals surface area contributed by atoms with Gasteiger partial charge in [-0.2, -0.15) is 8.78 Å². The number of aromatic nitrogens is 5. The number of carbonyl (C=O) groups excluding carboxylic acids is 1. The Morgan fingerprint density at radius 2 is 2.07 bits per heavy atom. The molecule has 1 amide bonds. The van der Waals surface area contributed by atoms with E-state index in [1.165, 1.54) is 19.4 Å². The summed E-state index contributed by atoms with van der Waals surface area (Å²) in [5.74, 6) is -3.56. The molecule has 4 aromatic rings. The Labute approximate surface area is 157 Å². The first-order valence-corrected chi connectivity index (χ1v) is 8.23. The minimum absolute atomic E-state index is 0.234. The zero-order valence-corrected chi connectivity index (χ0v) is 14.8. The first kappa shape index (κ1) is 17.7. The van der Waals surface area contributed by atoms with E-state index in [0.717, 1.165) is 12.3 Å². The summed E-state index contributed by atoms with van der Waals surface area (Å²) in [6, 6.07) is 4.96. The van der Waals surface area contributed by atoms with Gasteiger partial charge in [0, 0.05) is 43.8 Å². The van der Waals surface area contributed by atoms with Gasteiger partial charge in [-0.25, -0.2) is 15.0 Å². The van der Waals surface area contributed by atoms with Crippen LogP contribution >= 0.6 is 0 Å². The number of amides is 1. The molecular weight excluding hydrogens is 370 g/mol. The van der Waals surface area contributed by atoms with E-state index < -0.39 is 11.7 Å². The molecule has 0 saturated heterocycles. The zero-order chi connectivity index (χ0) is 19.9. The smallest absolute Gasteiger partial charge is 0.303 e. The van der Waals surface area contributed by atoms with Crippen LogP contribution in [0.1, 0.15) is 19.7 Å². The molecule has 0 aromatic carbocycles. The minimum atomic E-state index is -3.24. The molecule has 8 nitrogen and oxygen atoms in total. The molecule has 4 aromatic heterocycles. The van der Waals surface area contributed by atoms with Crippen molar-refractivity contribution in [1.82, 2.24) is 24.7 Å². The maximum Gasteiger partial charge on any atom is 0.303 e. The van der Waals surface area contributed by atoms with Gasteiger partial charge in [0.2, 0.25) is 11.7 Å². The van der Waals surface area contributed by atoms with E-state index >= 15 is 0 Å². The van der Waals surface area contributed by atoms with Gasteiger partial charge >= 0.3 is 5.92 Å². The standard InChI is InChI=1S/C18H14F2N6O2/c1-10(27)23-15-6-14-11(7-21-15)3-4-26(14)16-5-13(12-8-22-28-9-12)24-17(25-16)18(2,19)20/h3-9H,1-2H3,(H,21,23,27). The summed E-state index contributed by atoms with van der Waals surface area (Å²) in [7, 11) is 0. The number of alkyl halides is 2. The van der Waals surface area contributed by atoms with Gasteiger partial charge in [0.1, 0.15) is 17.9 Å². The van der Waals surface area contributed by atoms with E-state index in [4.69, 9.17) is 4.52 Å². The highest BCUT2D eigenvalue weighted by Crippen LogP contribution is 2.29. The number of pyridine rings is 1. The number of halogens is 2. The average molecular weight is 384 g/mol. The summed E-state index contributed by atoms with van der Waals surface area (Å²) in [5, 5.41) is 6.95. The molecular formula is C18H14F2N6O2. The highest BCUT2D eigenvalue weighted by molar-refractivity contribution is 5.91. The first-order valence-electron chi connectivity index (χ1n) is 8.23. The Morgan fingerprint density at radius 3 is 2.75 bits per heavy atom. The number of nitrogens with one attached hydrogen (secondary N) is 1. The zero-order valence-electron chi connectivity index (χ0n) is 14.8. The molecule has 10 heteroatoms. The molecule has 0 atom stereocenters. The molecule has 4 rings (SSSR count). The van der Waals surface area contributed by atoms with Crippen LogP contribution in [0.4, 0.5) is 14.6 Å². The lowest BCUT2D eigenvalue weighted by atomic mass is 10.2. The molecule has 0 aliphatic heterocycles. The van der Waals surface area contributed by atoms with Gasteiger partial charge in [-0.15, -0.1) is 0 Å². The van der Waals surface area contributed by atoms with Crippen LogP contribution in [-0.2, 0) is 10.7 Å². The van der Waals surface area contributed by atoms with Crippen molar-refractivity contribution in [3.05, 3.63) is 48.9 Å². The molecule has 0 fully saturated rings. The Morgan fingerprint density at radius 1 is 1.25 bits per heavy atom. The third-order valence-electron chi connectivity index (χ3n) is 3.96. The summed E-state index contributed by atoms with van der Waals surface area (Å²) in [6.07, 6.45) is 5.96. The van der Waals surface area contributed by atoms with Crippen molar-refractivity contribution in [3.63, 3.8) is 0 Å². The monoisotopic (exact) mass is 384 g/mol. The fraction of sp³-hybridized carbons (Fsp3) is 0.167. The number of hydrogen-bond acceptors (Lipinski definition) is 6. The van der Waals surface area contributed by atoms with E-state index in [0.29, 0.717) is 16.9 Å². The van der Waals surface area contributed by atoms with E-state index in [1.807, 2.05) is 0 Å². The van der Waals surface area contributed by atoms with Gasteiger partial charge in [0.25, 0.3) is 0 Å². The number of rotatable bonds is 4. The fourth-order valence-corrected chi connectivity index (χ4v) is 2.71. The van der Waals surface area contributed by atoms with Gasteiger partial charge in [0.05, 0.1) is 23.0 Å². The molecule has 142 valence electrons. The fourth-order valence-electron chi connectivity index (χ4n) is 2.71. The summed E-state index contributed by atoms with van der Waals surface area (Å²) in [4.78, 5) is 23.4. The van der Waals surface area contributed by atoms with Crippen LogP contribution in [-0.4, -0.2) is 30.6 Å². The molecule has 0 radical (unpaired) electrons. The lowest BCUT2D eigenvalue weighted by Crippen LogP contribution is -2.15. The van der Waals surface area contributed by atoms with Crippen LogP contribution in [0.5, 0.6) is 0 Å². The molecule has 0 aliphatic carbocycles. The van der Waals surface area contributed by atoms with Crippen molar-refractivity contribution < 1.29 is 18.1 Å². The largest absolute Gasteiger partial charge is 0.364 e. The molecule has 0 bridgehead atoms. The second-order valence-electron chi connectivity index (χ2n) is 6.23. The second kappa shape index (κ2) is 6.48. The Hall–Kier alpha value is -3.69. The van der Waals surface area contributed by atoms with E-state index in [9.17, 15) is 13.6 Å². The molecule has 0 saturated carbocycles. The number of carbonyl (C=O) groups is 1. The predicted molar refractivity (Wildman–Crippen MR) is 96.0 cm³/mol. The van der Waals surface area contributed by atoms with Crippen LogP contribution in [0, 0.1) is 0 Å². The summed E-state index contributed by atoms with van der Waals surface area (Å²) >= 11 is 0. The predicted octanol–water partition coefficient (Wildman–Crippen LogP) is 3.54. The lowest BCUT2D eigenvalue weighted by molar-refractivity contribution is -0.114. The van der Waals surface area contributed by atoms with Crippen molar-refractivity contribution in [2.24, 2.45) is 0 Å². The van der Waals surface area contributed by atoms with Crippen molar-refractivity contribution in [3.8, 4) is 17.1 Å². The van der Waals surface area contributed by atoms with Crippen molar-refractivity contribution in [2.45, 2.75) is 19.8 Å². The number of nitrogens with zero attached hydrogens (tertiary/aromatic N) is 5. The van der Waals surface area contributed by atoms with Gasteiger partial charge in [-0.1, -0.05) is 5.16 Å². The first-order chi connectivity index (χ1) is 13.3. The van der Waals surface area contributed by atoms with Crippen LogP contribution < -0.4 is 5.32 Å². The summed E-state index contributed by atoms with van der Waals surface area (Å²) in [5.41, 5.74) is 1.34. The summed E-state index contributed by atoms with van der Waals surface area (Å²) < 4.78 is 34.4. The lowest BCUT2D eigenvalue weighted by Gasteiger charge is -2.13. The SMILES string of the molecule is CC(=O)Nc1cc2c(ccn2-c2cc(-c3cnoc3)nc(C(C)(F)F)n2)cn1. The third-order valence-corrected chi connectivity index (χ3v) is 3.96. The average Bonchev–Trinajstić information content (AvgIpc) is 3.30. The van der Waals surface area contributed by atoms with Crippen molar-refractivity contribution in [1.29, 1.82) is 0 Å². The van der Waals surface area contributed by atoms with Crippen LogP contribution in [0.3, 0.4) is 0 Å². The Kier molecular flexibility index (Phi) is 4.10. The van der Waals surface area contributed by atoms with E-state index in [-0.39, 0.29) is 17.4 Å². The molecule has 28 heavy (non-hydrogen) atoms. The topological polar surface area (TPSA) is 98.7 Å². The molecule has 1 N–H and O–H groups in total. The Balaban J connectivity index is 1.91. The molecule has 4 heterocycles. The summed E-state index contributed by atoms with van der Waals surface area (Å²) in [6.45, 7) is 2.10. The highest BCUT2D eigenvalue weighted by Gasteiger charge is 2.30. The third kappa shape index (κ3) is 3.31. The molecule has 0 unspecified atom stereocenters. The molecule has 0 aliphatic rings. The van der Waals surface area contributed by atoms with Gasteiger partial charge in [0.15, 0.2) is 0 Å². The van der Waals surface area contributed by atoms with Crippen molar-refractivity contribution in [2.75, 3.05) is 5.32 Å². The number of anilines is 1. The maximum atomic E-state index is 14.0. The Bertz CT molecular complexity index is 1160. The minimum Gasteiger partial charge on any atom is -0.364 e. The van der Waals surface area contributed by atoms with Crippen LogP contribution in [0.15, 0.2) is 47.6 Å². The highest BCUT2D eigenvalue weighted by atomic mass is 19.3. The van der Waals surface area contributed by atoms with Crippen molar-refractivity contribution >= 4 is 22.6 Å². The van der Waals surface area contributed by atoms with E-state index in [1.54, 1.807) is 35.2 Å². The number of fused-ring (bicyclic) bond motifs is 1. The number of hydrogen-bond donors (Lipinski definition) is 1. The maximum absolute atomic E-state index is 14.0. The second-order valence-corrected chi connectivity index (χ2v) is 6.23. The van der Waals surface area contributed by atoms with Gasteiger partial charge in [-0.05, 0) is 6.07 Å². The van der Waals surface area contributed by atoms with Crippen LogP contribution in [0.2, 0.25) is 0 Å². The quantitative estimate of drug-likeness (QED) is 0.578.